The Hall–Kier alpha value is -1.07. The molecule has 0 aliphatic carbocycles. The van der Waals surface area contributed by atoms with Crippen LogP contribution in [0.15, 0.2) is 34.2 Å². The van der Waals surface area contributed by atoms with Gasteiger partial charge in [0.1, 0.15) is 10.4 Å². The minimum Gasteiger partial charge on any atom is -0.431 e. The van der Waals surface area contributed by atoms with Crippen LogP contribution in [-0.2, 0) is 0 Å². The SMILES string of the molecule is CN(C)c1cccc(Oc2nc(Br)cs2)c1. The second-order valence-electron chi connectivity index (χ2n) is 3.43. The molecule has 1 aromatic heterocycles. The van der Waals surface area contributed by atoms with Gasteiger partial charge in [-0.25, -0.2) is 0 Å². The van der Waals surface area contributed by atoms with Crippen molar-refractivity contribution in [2.45, 2.75) is 0 Å². The summed E-state index contributed by atoms with van der Waals surface area (Å²) >= 11 is 4.76. The van der Waals surface area contributed by atoms with Crippen LogP contribution in [0, 0.1) is 0 Å². The summed E-state index contributed by atoms with van der Waals surface area (Å²) in [5.74, 6) is 0.799. The van der Waals surface area contributed by atoms with Crippen LogP contribution in [0.25, 0.3) is 0 Å². The Morgan fingerprint density at radius 2 is 2.19 bits per heavy atom. The Bertz CT molecular complexity index is 484. The molecule has 3 nitrogen and oxygen atoms in total. The molecular weight excluding hydrogens is 288 g/mol. The average molecular weight is 299 g/mol. The molecule has 0 unspecified atom stereocenters. The number of thiazole rings is 1. The Morgan fingerprint density at radius 3 is 2.81 bits per heavy atom. The zero-order chi connectivity index (χ0) is 11.5. The van der Waals surface area contributed by atoms with Crippen LogP contribution < -0.4 is 9.64 Å². The number of hydrogen-bond acceptors (Lipinski definition) is 4. The summed E-state index contributed by atoms with van der Waals surface area (Å²) in [6.07, 6.45) is 0. The monoisotopic (exact) mass is 298 g/mol. The van der Waals surface area contributed by atoms with E-state index in [1.54, 1.807) is 0 Å². The minimum absolute atomic E-state index is 0.641. The third kappa shape index (κ3) is 2.74. The van der Waals surface area contributed by atoms with E-state index in [0.29, 0.717) is 5.19 Å². The van der Waals surface area contributed by atoms with Gasteiger partial charge in [-0.05, 0) is 28.1 Å². The van der Waals surface area contributed by atoms with Crippen molar-refractivity contribution in [1.29, 1.82) is 0 Å². The van der Waals surface area contributed by atoms with Crippen molar-refractivity contribution in [2.24, 2.45) is 0 Å². The smallest absolute Gasteiger partial charge is 0.279 e. The van der Waals surface area contributed by atoms with Crippen molar-refractivity contribution in [1.82, 2.24) is 4.98 Å². The maximum absolute atomic E-state index is 5.64. The van der Waals surface area contributed by atoms with Gasteiger partial charge in [0.2, 0.25) is 0 Å². The van der Waals surface area contributed by atoms with Gasteiger partial charge in [-0.2, -0.15) is 4.98 Å². The second kappa shape index (κ2) is 4.84. The number of aromatic nitrogens is 1. The number of benzene rings is 1. The van der Waals surface area contributed by atoms with Crippen LogP contribution in [0.5, 0.6) is 10.9 Å². The Morgan fingerprint density at radius 1 is 1.38 bits per heavy atom. The molecule has 0 saturated heterocycles. The van der Waals surface area contributed by atoms with Gasteiger partial charge in [0.25, 0.3) is 5.19 Å². The number of rotatable bonds is 3. The largest absolute Gasteiger partial charge is 0.431 e. The van der Waals surface area contributed by atoms with E-state index in [1.165, 1.54) is 11.3 Å². The molecule has 1 aromatic carbocycles. The highest BCUT2D eigenvalue weighted by Crippen LogP contribution is 2.28. The van der Waals surface area contributed by atoms with E-state index in [9.17, 15) is 0 Å². The molecule has 16 heavy (non-hydrogen) atoms. The van der Waals surface area contributed by atoms with Crippen molar-refractivity contribution in [3.63, 3.8) is 0 Å². The summed E-state index contributed by atoms with van der Waals surface area (Å²) in [5, 5.41) is 2.54. The maximum atomic E-state index is 5.64. The van der Waals surface area contributed by atoms with Gasteiger partial charge in [0.15, 0.2) is 0 Å². The molecule has 5 heteroatoms. The van der Waals surface area contributed by atoms with Gasteiger partial charge in [0.05, 0.1) is 0 Å². The van der Waals surface area contributed by atoms with E-state index in [2.05, 4.69) is 20.9 Å². The van der Waals surface area contributed by atoms with E-state index < -0.39 is 0 Å². The van der Waals surface area contributed by atoms with Gasteiger partial charge in [-0.15, -0.1) is 0 Å². The summed E-state index contributed by atoms with van der Waals surface area (Å²) in [5.41, 5.74) is 1.10. The van der Waals surface area contributed by atoms with Gasteiger partial charge in [-0.3, -0.25) is 0 Å². The van der Waals surface area contributed by atoms with E-state index >= 15 is 0 Å². The molecule has 0 amide bonds. The van der Waals surface area contributed by atoms with Crippen molar-refractivity contribution in [2.75, 3.05) is 19.0 Å². The van der Waals surface area contributed by atoms with E-state index in [-0.39, 0.29) is 0 Å². The summed E-state index contributed by atoms with van der Waals surface area (Å²) in [7, 11) is 4.00. The van der Waals surface area contributed by atoms with Gasteiger partial charge in [0, 0.05) is 31.2 Å². The third-order valence-corrected chi connectivity index (χ3v) is 3.42. The fraction of sp³-hybridized carbons (Fsp3) is 0.182. The van der Waals surface area contributed by atoms with Crippen LogP contribution in [0.4, 0.5) is 5.69 Å². The first-order valence-electron chi connectivity index (χ1n) is 4.71. The minimum atomic E-state index is 0.641. The van der Waals surface area contributed by atoms with Crippen molar-refractivity contribution in [3.05, 3.63) is 34.2 Å². The highest BCUT2D eigenvalue weighted by molar-refractivity contribution is 9.10. The first kappa shape index (κ1) is 11.4. The van der Waals surface area contributed by atoms with Crippen LogP contribution in [0.1, 0.15) is 0 Å². The van der Waals surface area contributed by atoms with Gasteiger partial charge >= 0.3 is 0 Å². The van der Waals surface area contributed by atoms with Crippen molar-refractivity contribution >= 4 is 33.0 Å². The number of hydrogen-bond donors (Lipinski definition) is 0. The first-order valence-corrected chi connectivity index (χ1v) is 6.38. The predicted octanol–water partition coefficient (Wildman–Crippen LogP) is 3.76. The molecule has 2 aromatic rings. The molecular formula is C11H11BrN2OS. The number of halogens is 1. The molecule has 0 spiro atoms. The Labute approximate surface area is 107 Å². The molecule has 0 N–H and O–H groups in total. The quantitative estimate of drug-likeness (QED) is 0.863. The molecule has 1 heterocycles. The fourth-order valence-corrected chi connectivity index (χ4v) is 2.32. The Kier molecular flexibility index (Phi) is 3.46. The third-order valence-electron chi connectivity index (χ3n) is 1.99. The topological polar surface area (TPSA) is 25.4 Å². The first-order chi connectivity index (χ1) is 7.65. The van der Waals surface area contributed by atoms with E-state index in [1.807, 2.05) is 48.6 Å². The fourth-order valence-electron chi connectivity index (χ4n) is 1.21. The molecule has 0 atom stereocenters. The highest BCUT2D eigenvalue weighted by atomic mass is 79.9. The van der Waals surface area contributed by atoms with Crippen LogP contribution >= 0.6 is 27.3 Å². The standard InChI is InChI=1S/C11H11BrN2OS/c1-14(2)8-4-3-5-9(6-8)15-11-13-10(12)7-16-11/h3-7H,1-2H3. The summed E-state index contributed by atoms with van der Waals surface area (Å²) in [6.45, 7) is 0. The van der Waals surface area contributed by atoms with Gasteiger partial charge in [-0.1, -0.05) is 17.4 Å². The number of anilines is 1. The molecule has 0 aliphatic rings. The Balaban J connectivity index is 2.18. The zero-order valence-corrected chi connectivity index (χ0v) is 11.4. The summed E-state index contributed by atoms with van der Waals surface area (Å²) < 4.78 is 6.44. The zero-order valence-electron chi connectivity index (χ0n) is 8.98. The lowest BCUT2D eigenvalue weighted by molar-refractivity contribution is 0.478. The molecule has 0 radical (unpaired) electrons. The normalized spacial score (nSPS) is 10.2. The molecule has 84 valence electrons. The maximum Gasteiger partial charge on any atom is 0.279 e. The van der Waals surface area contributed by atoms with E-state index in [0.717, 1.165) is 16.0 Å². The number of ether oxygens (including phenoxy) is 1. The predicted molar refractivity (Wildman–Crippen MR) is 70.7 cm³/mol. The van der Waals surface area contributed by atoms with Crippen LogP contribution in [0.2, 0.25) is 0 Å². The molecule has 0 saturated carbocycles. The lowest BCUT2D eigenvalue weighted by Gasteiger charge is -2.13. The van der Waals surface area contributed by atoms with Crippen LogP contribution in [0.3, 0.4) is 0 Å². The molecule has 0 bridgehead atoms. The number of nitrogens with zero attached hydrogens (tertiary/aromatic N) is 2. The van der Waals surface area contributed by atoms with Crippen molar-refractivity contribution in [3.8, 4) is 10.9 Å². The molecule has 2 rings (SSSR count). The van der Waals surface area contributed by atoms with Crippen molar-refractivity contribution < 1.29 is 4.74 Å². The summed E-state index contributed by atoms with van der Waals surface area (Å²) in [6, 6.07) is 7.90. The highest BCUT2D eigenvalue weighted by Gasteiger charge is 2.03. The van der Waals surface area contributed by atoms with Crippen LogP contribution in [-0.4, -0.2) is 19.1 Å². The average Bonchev–Trinajstić information content (AvgIpc) is 2.64. The summed E-state index contributed by atoms with van der Waals surface area (Å²) in [4.78, 5) is 6.21. The second-order valence-corrected chi connectivity index (χ2v) is 5.06. The van der Waals surface area contributed by atoms with E-state index in [4.69, 9.17) is 4.74 Å². The molecule has 0 aliphatic heterocycles. The molecule has 0 fully saturated rings. The lowest BCUT2D eigenvalue weighted by Crippen LogP contribution is -2.08. The van der Waals surface area contributed by atoms with Gasteiger partial charge < -0.3 is 9.64 Å². The lowest BCUT2D eigenvalue weighted by atomic mass is 10.3.